The average molecular weight is 230 g/mol. The first-order chi connectivity index (χ1) is 7.56. The monoisotopic (exact) mass is 230 g/mol. The van der Waals surface area contributed by atoms with Crippen LogP contribution >= 0.6 is 0 Å². The van der Waals surface area contributed by atoms with Crippen molar-refractivity contribution in [2.75, 3.05) is 20.3 Å². The molecule has 0 atom stereocenters. The first kappa shape index (κ1) is 12.9. The number of hydrogen-bond donors (Lipinski definition) is 0. The Labute approximate surface area is 94.2 Å². The summed E-state index contributed by atoms with van der Waals surface area (Å²) in [5.74, 6) is -1.13. The molecule has 1 aromatic rings. The van der Waals surface area contributed by atoms with Gasteiger partial charge < -0.3 is 9.47 Å². The third kappa shape index (κ3) is 3.17. The Balaban J connectivity index is 2.83. The molecule has 0 aliphatic rings. The topological polar surface area (TPSA) is 18.5 Å². The number of hydrogen-bond acceptors (Lipinski definition) is 2. The van der Waals surface area contributed by atoms with E-state index in [9.17, 15) is 8.78 Å². The van der Waals surface area contributed by atoms with Crippen LogP contribution in [0.1, 0.15) is 25.3 Å². The summed E-state index contributed by atoms with van der Waals surface area (Å²) in [6.07, 6.45) is 0. The van der Waals surface area contributed by atoms with E-state index in [0.29, 0.717) is 6.61 Å². The Morgan fingerprint density at radius 2 is 1.69 bits per heavy atom. The fourth-order valence-electron chi connectivity index (χ4n) is 1.44. The van der Waals surface area contributed by atoms with E-state index in [2.05, 4.69) is 0 Å². The van der Waals surface area contributed by atoms with Gasteiger partial charge in [-0.2, -0.15) is 0 Å². The van der Waals surface area contributed by atoms with E-state index in [-0.39, 0.29) is 23.8 Å². The van der Waals surface area contributed by atoms with E-state index in [0.717, 1.165) is 0 Å². The molecule has 0 bridgehead atoms. The molecule has 0 aliphatic heterocycles. The van der Waals surface area contributed by atoms with Gasteiger partial charge in [0.1, 0.15) is 24.0 Å². The van der Waals surface area contributed by atoms with Gasteiger partial charge in [-0.1, -0.05) is 13.8 Å². The van der Waals surface area contributed by atoms with Crippen LogP contribution in [0.4, 0.5) is 8.78 Å². The molecule has 2 nitrogen and oxygen atoms in total. The summed E-state index contributed by atoms with van der Waals surface area (Å²) >= 11 is 0. The van der Waals surface area contributed by atoms with E-state index in [1.54, 1.807) is 13.8 Å². The molecular weight excluding hydrogens is 214 g/mol. The largest absolute Gasteiger partial charge is 0.491 e. The first-order valence-electron chi connectivity index (χ1n) is 5.17. The maximum absolute atomic E-state index is 13.5. The summed E-state index contributed by atoms with van der Waals surface area (Å²) in [7, 11) is 1.53. The highest BCUT2D eigenvalue weighted by atomic mass is 19.1. The number of benzene rings is 1. The quantitative estimate of drug-likeness (QED) is 0.723. The van der Waals surface area contributed by atoms with Crippen LogP contribution in [0.15, 0.2) is 12.1 Å². The molecule has 0 radical (unpaired) electrons. The first-order valence-corrected chi connectivity index (χ1v) is 5.17. The van der Waals surface area contributed by atoms with E-state index in [1.807, 2.05) is 0 Å². The maximum atomic E-state index is 13.5. The van der Waals surface area contributed by atoms with Gasteiger partial charge in [0.05, 0.1) is 6.61 Å². The van der Waals surface area contributed by atoms with Gasteiger partial charge in [0.25, 0.3) is 0 Å². The fraction of sp³-hybridized carbons (Fsp3) is 0.500. The molecule has 0 unspecified atom stereocenters. The van der Waals surface area contributed by atoms with E-state index in [1.165, 1.54) is 19.2 Å². The van der Waals surface area contributed by atoms with Crippen molar-refractivity contribution in [1.82, 2.24) is 0 Å². The normalized spacial score (nSPS) is 10.9. The van der Waals surface area contributed by atoms with Gasteiger partial charge in [0.15, 0.2) is 0 Å². The predicted molar refractivity (Wildman–Crippen MR) is 57.8 cm³/mol. The van der Waals surface area contributed by atoms with Gasteiger partial charge in [0, 0.05) is 24.8 Å². The molecule has 0 saturated carbocycles. The second kappa shape index (κ2) is 5.80. The van der Waals surface area contributed by atoms with E-state index >= 15 is 0 Å². The molecule has 0 heterocycles. The molecule has 90 valence electrons. The molecule has 0 N–H and O–H groups in total. The minimum Gasteiger partial charge on any atom is -0.491 e. The summed E-state index contributed by atoms with van der Waals surface area (Å²) in [5, 5.41) is 0. The van der Waals surface area contributed by atoms with Crippen molar-refractivity contribution in [3.05, 3.63) is 29.3 Å². The zero-order valence-corrected chi connectivity index (χ0v) is 9.72. The summed E-state index contributed by atoms with van der Waals surface area (Å²) in [4.78, 5) is 0. The zero-order chi connectivity index (χ0) is 12.1. The molecule has 0 amide bonds. The van der Waals surface area contributed by atoms with Crippen molar-refractivity contribution in [1.29, 1.82) is 0 Å². The highest BCUT2D eigenvalue weighted by Crippen LogP contribution is 2.26. The van der Waals surface area contributed by atoms with Crippen molar-refractivity contribution in [3.63, 3.8) is 0 Å². The lowest BCUT2D eigenvalue weighted by Gasteiger charge is -2.11. The molecule has 16 heavy (non-hydrogen) atoms. The molecular formula is C12H16F2O2. The van der Waals surface area contributed by atoms with Crippen molar-refractivity contribution in [2.24, 2.45) is 0 Å². The lowest BCUT2D eigenvalue weighted by molar-refractivity contribution is 0.146. The second-order valence-electron chi connectivity index (χ2n) is 3.80. The maximum Gasteiger partial charge on any atom is 0.133 e. The van der Waals surface area contributed by atoms with Gasteiger partial charge >= 0.3 is 0 Å². The van der Waals surface area contributed by atoms with Crippen LogP contribution in [0, 0.1) is 11.6 Å². The van der Waals surface area contributed by atoms with Gasteiger partial charge in [-0.3, -0.25) is 0 Å². The van der Waals surface area contributed by atoms with Crippen molar-refractivity contribution in [3.8, 4) is 5.75 Å². The standard InChI is InChI=1S/C12H16F2O2/c1-8(2)12-10(13)6-9(7-11(12)14)16-5-4-15-3/h6-8H,4-5H2,1-3H3. The number of rotatable bonds is 5. The van der Waals surface area contributed by atoms with Gasteiger partial charge in [-0.25, -0.2) is 8.78 Å². The SMILES string of the molecule is COCCOc1cc(F)c(C(C)C)c(F)c1. The highest BCUT2D eigenvalue weighted by molar-refractivity contribution is 5.32. The summed E-state index contributed by atoms with van der Waals surface area (Å²) < 4.78 is 37.0. The van der Waals surface area contributed by atoms with Crippen LogP contribution in [0.2, 0.25) is 0 Å². The summed E-state index contributed by atoms with van der Waals surface area (Å²) in [6.45, 7) is 4.14. The van der Waals surface area contributed by atoms with Crippen LogP contribution in [0.25, 0.3) is 0 Å². The Morgan fingerprint density at radius 1 is 1.12 bits per heavy atom. The van der Waals surface area contributed by atoms with E-state index in [4.69, 9.17) is 9.47 Å². The van der Waals surface area contributed by atoms with Crippen molar-refractivity contribution >= 4 is 0 Å². The summed E-state index contributed by atoms with van der Waals surface area (Å²) in [6, 6.07) is 2.40. The van der Waals surface area contributed by atoms with Crippen molar-refractivity contribution < 1.29 is 18.3 Å². The van der Waals surface area contributed by atoms with Gasteiger partial charge in [0.2, 0.25) is 0 Å². The lowest BCUT2D eigenvalue weighted by atomic mass is 10.0. The molecule has 1 aromatic carbocycles. The van der Waals surface area contributed by atoms with Crippen LogP contribution in [-0.2, 0) is 4.74 Å². The van der Waals surface area contributed by atoms with Crippen LogP contribution < -0.4 is 4.74 Å². The number of ether oxygens (including phenoxy) is 2. The van der Waals surface area contributed by atoms with Gasteiger partial charge in [-0.05, 0) is 5.92 Å². The van der Waals surface area contributed by atoms with E-state index < -0.39 is 11.6 Å². The Kier molecular flexibility index (Phi) is 4.68. The van der Waals surface area contributed by atoms with Crippen LogP contribution in [-0.4, -0.2) is 20.3 Å². The molecule has 0 saturated heterocycles. The minimum atomic E-state index is -0.567. The molecule has 0 aliphatic carbocycles. The molecule has 0 fully saturated rings. The molecule has 4 heteroatoms. The van der Waals surface area contributed by atoms with Crippen molar-refractivity contribution in [2.45, 2.75) is 19.8 Å². The van der Waals surface area contributed by atoms with Crippen LogP contribution in [0.5, 0.6) is 5.75 Å². The fourth-order valence-corrected chi connectivity index (χ4v) is 1.44. The molecule has 0 spiro atoms. The highest BCUT2D eigenvalue weighted by Gasteiger charge is 2.14. The van der Waals surface area contributed by atoms with Crippen LogP contribution in [0.3, 0.4) is 0 Å². The smallest absolute Gasteiger partial charge is 0.133 e. The third-order valence-electron chi connectivity index (χ3n) is 2.19. The third-order valence-corrected chi connectivity index (χ3v) is 2.19. The number of methoxy groups -OCH3 is 1. The minimum absolute atomic E-state index is 0.0964. The van der Waals surface area contributed by atoms with Gasteiger partial charge in [-0.15, -0.1) is 0 Å². The number of halogens is 2. The Bertz CT molecular complexity index is 328. The predicted octanol–water partition coefficient (Wildman–Crippen LogP) is 3.11. The molecule has 1 rings (SSSR count). The Morgan fingerprint density at radius 3 is 2.12 bits per heavy atom. The lowest BCUT2D eigenvalue weighted by Crippen LogP contribution is -2.06. The molecule has 0 aromatic heterocycles. The Hall–Kier alpha value is -1.16. The average Bonchev–Trinajstić information content (AvgIpc) is 2.16. The second-order valence-corrected chi connectivity index (χ2v) is 3.80. The zero-order valence-electron chi connectivity index (χ0n) is 9.72. The summed E-state index contributed by atoms with van der Waals surface area (Å²) in [5.41, 5.74) is 0.0964.